The molecule has 1 aliphatic heterocycles. The second kappa shape index (κ2) is 7.87. The summed E-state index contributed by atoms with van der Waals surface area (Å²) in [6.45, 7) is 1.45. The number of nitrogens with zero attached hydrogens (tertiary/aromatic N) is 1. The SMILES string of the molecule is Cl.NCCN(Cc1ccccc1)C(=O)[C@@H]1CCC(=O)N1. The normalized spacial score (nSPS) is 17.2. The Morgan fingerprint density at radius 3 is 2.60 bits per heavy atom. The van der Waals surface area contributed by atoms with E-state index in [1.54, 1.807) is 4.90 Å². The van der Waals surface area contributed by atoms with Crippen molar-refractivity contribution in [2.75, 3.05) is 13.1 Å². The summed E-state index contributed by atoms with van der Waals surface area (Å²) in [4.78, 5) is 25.2. The van der Waals surface area contributed by atoms with Crippen LogP contribution in [0.5, 0.6) is 0 Å². The van der Waals surface area contributed by atoms with Gasteiger partial charge in [-0.3, -0.25) is 9.59 Å². The standard InChI is InChI=1S/C14H19N3O2.ClH/c15-8-9-17(10-11-4-2-1-3-5-11)14(19)12-6-7-13(18)16-12;/h1-5,12H,6-10,15H2,(H,16,18);1H/t12-;/m0./s1. The van der Waals surface area contributed by atoms with Crippen molar-refractivity contribution in [2.45, 2.75) is 25.4 Å². The Kier molecular flexibility index (Phi) is 6.48. The van der Waals surface area contributed by atoms with Gasteiger partial charge in [0.25, 0.3) is 0 Å². The highest BCUT2D eigenvalue weighted by Crippen LogP contribution is 2.12. The molecular formula is C14H20ClN3O2. The minimum atomic E-state index is -0.386. The van der Waals surface area contributed by atoms with Gasteiger partial charge >= 0.3 is 0 Å². The molecule has 0 spiro atoms. The molecule has 0 unspecified atom stereocenters. The van der Waals surface area contributed by atoms with Gasteiger partial charge in [-0.15, -0.1) is 12.4 Å². The molecule has 1 atom stereocenters. The zero-order valence-electron chi connectivity index (χ0n) is 11.2. The van der Waals surface area contributed by atoms with Gasteiger partial charge in [0.2, 0.25) is 11.8 Å². The summed E-state index contributed by atoms with van der Waals surface area (Å²) in [5.41, 5.74) is 6.63. The second-order valence-electron chi connectivity index (χ2n) is 4.69. The van der Waals surface area contributed by atoms with Crippen LogP contribution in [-0.4, -0.2) is 35.8 Å². The smallest absolute Gasteiger partial charge is 0.245 e. The molecule has 2 amide bonds. The van der Waals surface area contributed by atoms with Crippen molar-refractivity contribution in [3.63, 3.8) is 0 Å². The van der Waals surface area contributed by atoms with Crippen LogP contribution in [0.1, 0.15) is 18.4 Å². The van der Waals surface area contributed by atoms with Crippen LogP contribution < -0.4 is 11.1 Å². The van der Waals surface area contributed by atoms with Crippen LogP contribution in [0.3, 0.4) is 0 Å². The maximum atomic E-state index is 12.3. The van der Waals surface area contributed by atoms with Gasteiger partial charge in [-0.1, -0.05) is 30.3 Å². The molecule has 6 heteroatoms. The summed E-state index contributed by atoms with van der Waals surface area (Å²) in [6.07, 6.45) is 1.01. The van der Waals surface area contributed by atoms with E-state index in [1.807, 2.05) is 30.3 Å². The fourth-order valence-electron chi connectivity index (χ4n) is 2.25. The lowest BCUT2D eigenvalue weighted by molar-refractivity contribution is -0.134. The monoisotopic (exact) mass is 297 g/mol. The molecule has 2 rings (SSSR count). The van der Waals surface area contributed by atoms with Gasteiger partial charge in [0, 0.05) is 26.1 Å². The molecule has 1 aromatic rings. The molecule has 0 aromatic heterocycles. The third-order valence-corrected chi connectivity index (χ3v) is 3.22. The summed E-state index contributed by atoms with van der Waals surface area (Å²) in [5, 5.41) is 2.71. The van der Waals surface area contributed by atoms with Crippen LogP contribution in [-0.2, 0) is 16.1 Å². The first-order valence-corrected chi connectivity index (χ1v) is 6.53. The van der Waals surface area contributed by atoms with Crippen LogP contribution in [0.2, 0.25) is 0 Å². The first-order chi connectivity index (χ1) is 9.20. The molecule has 5 nitrogen and oxygen atoms in total. The maximum absolute atomic E-state index is 12.3. The Bertz CT molecular complexity index is 453. The molecule has 1 fully saturated rings. The number of amides is 2. The Balaban J connectivity index is 0.00000200. The van der Waals surface area contributed by atoms with E-state index < -0.39 is 0 Å². The lowest BCUT2D eigenvalue weighted by atomic mass is 10.1. The molecular weight excluding hydrogens is 278 g/mol. The Morgan fingerprint density at radius 1 is 1.35 bits per heavy atom. The van der Waals surface area contributed by atoms with Crippen LogP contribution in [0.4, 0.5) is 0 Å². The van der Waals surface area contributed by atoms with Crippen LogP contribution in [0.15, 0.2) is 30.3 Å². The van der Waals surface area contributed by atoms with Gasteiger partial charge < -0.3 is 16.0 Å². The first kappa shape index (κ1) is 16.5. The number of benzene rings is 1. The maximum Gasteiger partial charge on any atom is 0.245 e. The molecule has 0 bridgehead atoms. The molecule has 1 aliphatic rings. The summed E-state index contributed by atoms with van der Waals surface area (Å²) >= 11 is 0. The third-order valence-electron chi connectivity index (χ3n) is 3.22. The zero-order chi connectivity index (χ0) is 13.7. The Hall–Kier alpha value is -1.59. The van der Waals surface area contributed by atoms with Crippen LogP contribution in [0, 0.1) is 0 Å². The van der Waals surface area contributed by atoms with Gasteiger partial charge in [-0.25, -0.2) is 0 Å². The van der Waals surface area contributed by atoms with Crippen molar-refractivity contribution in [2.24, 2.45) is 5.73 Å². The van der Waals surface area contributed by atoms with Crippen molar-refractivity contribution in [3.05, 3.63) is 35.9 Å². The van der Waals surface area contributed by atoms with Crippen molar-refractivity contribution < 1.29 is 9.59 Å². The summed E-state index contributed by atoms with van der Waals surface area (Å²) in [7, 11) is 0. The number of rotatable bonds is 5. The van der Waals surface area contributed by atoms with Gasteiger partial charge in [0.1, 0.15) is 6.04 Å². The Labute approximate surface area is 124 Å². The quantitative estimate of drug-likeness (QED) is 0.839. The van der Waals surface area contributed by atoms with E-state index in [4.69, 9.17) is 5.73 Å². The fraction of sp³-hybridized carbons (Fsp3) is 0.429. The van der Waals surface area contributed by atoms with E-state index in [-0.39, 0.29) is 30.3 Å². The largest absolute Gasteiger partial charge is 0.344 e. The fourth-order valence-corrected chi connectivity index (χ4v) is 2.25. The summed E-state index contributed by atoms with van der Waals surface area (Å²) in [6, 6.07) is 9.39. The second-order valence-corrected chi connectivity index (χ2v) is 4.69. The van der Waals surface area contributed by atoms with Crippen LogP contribution in [0.25, 0.3) is 0 Å². The predicted molar refractivity (Wildman–Crippen MR) is 79.3 cm³/mol. The van der Waals surface area contributed by atoms with E-state index in [2.05, 4.69) is 5.32 Å². The van der Waals surface area contributed by atoms with Gasteiger partial charge in [0.05, 0.1) is 0 Å². The Morgan fingerprint density at radius 2 is 2.05 bits per heavy atom. The predicted octanol–water partition coefficient (Wildman–Crippen LogP) is 0.674. The average Bonchev–Trinajstić information content (AvgIpc) is 2.85. The summed E-state index contributed by atoms with van der Waals surface area (Å²) < 4.78 is 0. The minimum Gasteiger partial charge on any atom is -0.344 e. The number of nitrogens with one attached hydrogen (secondary N) is 1. The number of carbonyl (C=O) groups excluding carboxylic acids is 2. The molecule has 0 radical (unpaired) electrons. The molecule has 1 saturated heterocycles. The van der Waals surface area contributed by atoms with Crippen molar-refractivity contribution in [1.29, 1.82) is 0 Å². The summed E-state index contributed by atoms with van der Waals surface area (Å²) in [5.74, 6) is -0.0917. The topological polar surface area (TPSA) is 75.4 Å². The number of halogens is 1. The number of hydrogen-bond acceptors (Lipinski definition) is 3. The lowest BCUT2D eigenvalue weighted by Gasteiger charge is -2.25. The van der Waals surface area contributed by atoms with E-state index >= 15 is 0 Å². The molecule has 1 heterocycles. The van der Waals surface area contributed by atoms with E-state index in [1.165, 1.54) is 0 Å². The molecule has 0 saturated carbocycles. The number of carbonyl (C=O) groups is 2. The molecule has 20 heavy (non-hydrogen) atoms. The lowest BCUT2D eigenvalue weighted by Crippen LogP contribution is -2.45. The highest BCUT2D eigenvalue weighted by atomic mass is 35.5. The van der Waals surface area contributed by atoms with Gasteiger partial charge in [-0.2, -0.15) is 0 Å². The van der Waals surface area contributed by atoms with E-state index in [0.717, 1.165) is 5.56 Å². The molecule has 1 aromatic carbocycles. The van der Waals surface area contributed by atoms with E-state index in [9.17, 15) is 9.59 Å². The highest BCUT2D eigenvalue weighted by molar-refractivity contribution is 5.90. The highest BCUT2D eigenvalue weighted by Gasteiger charge is 2.30. The molecule has 3 N–H and O–H groups in total. The number of hydrogen-bond donors (Lipinski definition) is 2. The zero-order valence-corrected chi connectivity index (χ0v) is 12.1. The van der Waals surface area contributed by atoms with Crippen molar-refractivity contribution >= 4 is 24.2 Å². The third kappa shape index (κ3) is 4.21. The minimum absolute atomic E-state index is 0. The van der Waals surface area contributed by atoms with Crippen LogP contribution >= 0.6 is 12.4 Å². The number of nitrogens with two attached hydrogens (primary N) is 1. The van der Waals surface area contributed by atoms with Crippen molar-refractivity contribution in [1.82, 2.24) is 10.2 Å². The van der Waals surface area contributed by atoms with E-state index in [0.29, 0.717) is 32.5 Å². The average molecular weight is 298 g/mol. The van der Waals surface area contributed by atoms with Gasteiger partial charge in [-0.05, 0) is 12.0 Å². The molecule has 110 valence electrons. The van der Waals surface area contributed by atoms with Crippen molar-refractivity contribution in [3.8, 4) is 0 Å². The first-order valence-electron chi connectivity index (χ1n) is 6.53. The van der Waals surface area contributed by atoms with Gasteiger partial charge in [0.15, 0.2) is 0 Å². The molecule has 0 aliphatic carbocycles.